The summed E-state index contributed by atoms with van der Waals surface area (Å²) in [5.74, 6) is -10.0. The van der Waals surface area contributed by atoms with Crippen molar-refractivity contribution < 1.29 is 88.0 Å². The van der Waals surface area contributed by atoms with E-state index < -0.39 is 91.1 Å². The Hall–Kier alpha value is -0.630. The molecule has 9 nitrogen and oxygen atoms in total. The minimum atomic E-state index is -5.85. The van der Waals surface area contributed by atoms with Crippen LogP contribution in [0.3, 0.4) is 0 Å². The van der Waals surface area contributed by atoms with E-state index in [4.69, 9.17) is 20.4 Å². The van der Waals surface area contributed by atoms with Gasteiger partial charge in [0.1, 0.15) is 24.4 Å². The van der Waals surface area contributed by atoms with E-state index in [1.807, 2.05) is 0 Å². The minimum absolute atomic E-state index is 0.0874. The Labute approximate surface area is 237 Å². The van der Waals surface area contributed by atoms with E-state index in [1.54, 1.807) is 0 Å². The van der Waals surface area contributed by atoms with Crippen LogP contribution in [0, 0.1) is 5.41 Å². The fourth-order valence-electron chi connectivity index (χ4n) is 2.76. The van der Waals surface area contributed by atoms with Crippen LogP contribution in [0.5, 0.6) is 0 Å². The number of aliphatic hydroxyl groups is 4. The van der Waals surface area contributed by atoms with Gasteiger partial charge < -0.3 is 44.1 Å². The van der Waals surface area contributed by atoms with Gasteiger partial charge in [-0.1, -0.05) is 0 Å². The molecule has 0 saturated carbocycles. The van der Waals surface area contributed by atoms with E-state index >= 15 is 8.78 Å². The molecule has 0 radical (unpaired) electrons. The number of ether oxygens (including phenoxy) is 5. The van der Waals surface area contributed by atoms with Gasteiger partial charge in [0.15, 0.2) is 12.6 Å². The SMILES string of the molecule is CC(C)(OC(F)(F)C(C)(C)C(C)(P)OC(F)(F)C(F)(F)C(C)(C)OC(F)(F)COC(O)CO)C(F)(F)COC(O)CO. The predicted molar refractivity (Wildman–Crippen MR) is 126 cm³/mol. The molecule has 0 aliphatic heterocycles. The predicted octanol–water partition coefficient (Wildman–Crippen LogP) is 3.91. The average Bonchev–Trinajstić information content (AvgIpc) is 2.78. The van der Waals surface area contributed by atoms with Crippen molar-refractivity contribution in [2.45, 2.75) is 108 Å². The van der Waals surface area contributed by atoms with Crippen molar-refractivity contribution in [1.82, 2.24) is 0 Å². The molecule has 0 aromatic heterocycles. The molecule has 0 amide bonds. The summed E-state index contributed by atoms with van der Waals surface area (Å²) in [5, 5.41) is 32.1. The van der Waals surface area contributed by atoms with Crippen LogP contribution in [-0.4, -0.2) is 106 Å². The van der Waals surface area contributed by atoms with E-state index in [0.29, 0.717) is 34.6 Å². The van der Waals surface area contributed by atoms with Crippen molar-refractivity contribution >= 4 is 9.24 Å². The van der Waals surface area contributed by atoms with E-state index in [1.165, 1.54) is 9.24 Å². The number of aliphatic hydroxyl groups excluding tert-OH is 4. The number of hydrogen-bond donors (Lipinski definition) is 4. The van der Waals surface area contributed by atoms with Gasteiger partial charge in [-0.15, -0.1) is 9.24 Å². The molecule has 0 rings (SSSR count). The molecular weight excluding hydrogens is 629 g/mol. The molecule has 0 saturated heterocycles. The third-order valence-corrected chi connectivity index (χ3v) is 7.15. The fraction of sp³-hybridized carbons (Fsp3) is 1.00. The van der Waals surface area contributed by atoms with Crippen molar-refractivity contribution in [2.24, 2.45) is 5.41 Å². The van der Waals surface area contributed by atoms with Gasteiger partial charge in [0, 0.05) is 0 Å². The van der Waals surface area contributed by atoms with E-state index in [2.05, 4.69) is 23.7 Å². The molecular formula is C22H37F10O9P. The quantitative estimate of drug-likeness (QED) is 0.0923. The molecule has 0 spiro atoms. The number of hydrogen-bond acceptors (Lipinski definition) is 9. The van der Waals surface area contributed by atoms with Crippen LogP contribution < -0.4 is 0 Å². The molecule has 0 aliphatic carbocycles. The van der Waals surface area contributed by atoms with Crippen LogP contribution in [0.25, 0.3) is 0 Å². The third-order valence-electron chi connectivity index (χ3n) is 6.31. The lowest BCUT2D eigenvalue weighted by molar-refractivity contribution is -0.449. The normalized spacial score (nSPS) is 18.1. The van der Waals surface area contributed by atoms with Gasteiger partial charge >= 0.3 is 24.2 Å². The third kappa shape index (κ3) is 9.44. The highest BCUT2D eigenvalue weighted by Gasteiger charge is 2.73. The zero-order valence-electron chi connectivity index (χ0n) is 23.7. The van der Waals surface area contributed by atoms with Crippen molar-refractivity contribution in [3.63, 3.8) is 0 Å². The Morgan fingerprint density at radius 1 is 0.595 bits per heavy atom. The van der Waals surface area contributed by atoms with Crippen LogP contribution >= 0.6 is 9.24 Å². The van der Waals surface area contributed by atoms with E-state index in [9.17, 15) is 35.1 Å². The Morgan fingerprint density at radius 3 is 1.40 bits per heavy atom. The second-order valence-electron chi connectivity index (χ2n) is 10.9. The fourth-order valence-corrected chi connectivity index (χ4v) is 3.08. The summed E-state index contributed by atoms with van der Waals surface area (Å²) in [5.41, 5.74) is -10.2. The molecule has 20 heteroatoms. The molecule has 0 aromatic carbocycles. The zero-order valence-corrected chi connectivity index (χ0v) is 24.8. The molecule has 42 heavy (non-hydrogen) atoms. The second kappa shape index (κ2) is 13.4. The monoisotopic (exact) mass is 666 g/mol. The van der Waals surface area contributed by atoms with Gasteiger partial charge in [0.05, 0.1) is 24.0 Å². The van der Waals surface area contributed by atoms with Crippen molar-refractivity contribution in [2.75, 3.05) is 26.4 Å². The van der Waals surface area contributed by atoms with Crippen LogP contribution in [0.4, 0.5) is 43.9 Å². The van der Waals surface area contributed by atoms with Crippen molar-refractivity contribution in [3.05, 3.63) is 0 Å². The van der Waals surface area contributed by atoms with Gasteiger partial charge in [0.2, 0.25) is 0 Å². The largest absolute Gasteiger partial charge is 0.423 e. The highest BCUT2D eigenvalue weighted by atomic mass is 31.0. The standard InChI is InChI=1S/C22H37F10O9P/c1-14(2,21(29,30)40-15(3,4)18(23,24)10-37-12(35)8-33)17(7,42)41-22(31,32)20(27,28)16(5,6)39-19(25,26)11-38-13(36)9-34/h12-13,33-36H,8-11,42H2,1-7H3. The van der Waals surface area contributed by atoms with Gasteiger partial charge in [-0.3, -0.25) is 0 Å². The highest BCUT2D eigenvalue weighted by Crippen LogP contribution is 2.57. The number of alkyl halides is 10. The molecule has 4 unspecified atom stereocenters. The van der Waals surface area contributed by atoms with Crippen LogP contribution in [0.15, 0.2) is 0 Å². The highest BCUT2D eigenvalue weighted by molar-refractivity contribution is 7.18. The van der Waals surface area contributed by atoms with E-state index in [-0.39, 0.29) is 13.8 Å². The first kappa shape index (κ1) is 41.4. The first-order chi connectivity index (χ1) is 18.3. The van der Waals surface area contributed by atoms with Gasteiger partial charge in [-0.2, -0.15) is 35.1 Å². The molecule has 0 aliphatic rings. The lowest BCUT2D eigenvalue weighted by atomic mass is 9.84. The molecule has 0 bridgehead atoms. The van der Waals surface area contributed by atoms with Gasteiger partial charge in [0.25, 0.3) is 5.92 Å². The topological polar surface area (TPSA) is 127 Å². The Morgan fingerprint density at radius 2 is 1.00 bits per heavy atom. The molecule has 4 atom stereocenters. The maximum absolute atomic E-state index is 15.3. The summed E-state index contributed by atoms with van der Waals surface area (Å²) in [6.45, 7) is -3.66. The van der Waals surface area contributed by atoms with Crippen LogP contribution in [0.1, 0.15) is 48.5 Å². The first-order valence-corrected chi connectivity index (χ1v) is 12.5. The molecule has 0 fully saturated rings. The minimum Gasteiger partial charge on any atom is -0.391 e. The number of halogens is 10. The molecule has 254 valence electrons. The number of rotatable bonds is 19. The Balaban J connectivity index is 6.11. The summed E-state index contributed by atoms with van der Waals surface area (Å²) in [6, 6.07) is 0. The van der Waals surface area contributed by atoms with Crippen LogP contribution in [0.2, 0.25) is 0 Å². The Bertz CT molecular complexity index is 874. The maximum Gasteiger partial charge on any atom is 0.423 e. The molecule has 0 heterocycles. The first-order valence-electron chi connectivity index (χ1n) is 11.9. The summed E-state index contributed by atoms with van der Waals surface area (Å²) in [4.78, 5) is 0. The van der Waals surface area contributed by atoms with E-state index in [0.717, 1.165) is 0 Å². The average molecular weight is 666 g/mol. The van der Waals surface area contributed by atoms with Crippen molar-refractivity contribution in [1.29, 1.82) is 0 Å². The zero-order chi connectivity index (χ0) is 34.0. The molecule has 0 aromatic rings. The van der Waals surface area contributed by atoms with Crippen molar-refractivity contribution in [3.8, 4) is 0 Å². The summed E-state index contributed by atoms with van der Waals surface area (Å²) >= 11 is 0. The summed E-state index contributed by atoms with van der Waals surface area (Å²) in [6.07, 6.45) is -19.8. The summed E-state index contributed by atoms with van der Waals surface area (Å²) in [7, 11) is 1.30. The van der Waals surface area contributed by atoms with Gasteiger partial charge in [-0.05, 0) is 48.5 Å². The summed E-state index contributed by atoms with van der Waals surface area (Å²) < 4.78 is 168. The Kier molecular flexibility index (Phi) is 13.2. The lowest BCUT2D eigenvalue weighted by Gasteiger charge is -2.50. The maximum atomic E-state index is 15.3. The second-order valence-corrected chi connectivity index (χ2v) is 12.0. The smallest absolute Gasteiger partial charge is 0.391 e. The lowest BCUT2D eigenvalue weighted by Crippen LogP contribution is -2.65. The van der Waals surface area contributed by atoms with Gasteiger partial charge in [-0.25, -0.2) is 8.78 Å². The molecule has 4 N–H and O–H groups in total. The van der Waals surface area contributed by atoms with Crippen LogP contribution in [-0.2, 0) is 23.7 Å².